The molecule has 0 saturated carbocycles. The zero-order valence-electron chi connectivity index (χ0n) is 20.6. The first-order valence-corrected chi connectivity index (χ1v) is 11.4. The number of rotatable bonds is 9. The van der Waals surface area contributed by atoms with Gasteiger partial charge in [0.2, 0.25) is 0 Å². The van der Waals surface area contributed by atoms with E-state index in [1.807, 2.05) is 32.0 Å². The van der Waals surface area contributed by atoms with Crippen LogP contribution >= 0.6 is 0 Å². The molecular weight excluding hydrogens is 479 g/mol. The summed E-state index contributed by atoms with van der Waals surface area (Å²) in [6.45, 7) is 5.80. The van der Waals surface area contributed by atoms with Crippen molar-refractivity contribution in [3.05, 3.63) is 83.2 Å². The zero-order chi connectivity index (χ0) is 26.8. The van der Waals surface area contributed by atoms with Gasteiger partial charge < -0.3 is 20.1 Å². The molecule has 0 spiro atoms. The first-order chi connectivity index (χ1) is 17.8. The molecule has 3 amide bonds. The number of halogens is 1. The second kappa shape index (κ2) is 12.8. The number of anilines is 2. The molecule has 37 heavy (non-hydrogen) atoms. The number of benzene rings is 3. The van der Waals surface area contributed by atoms with E-state index in [-0.39, 0.29) is 18.2 Å². The first-order valence-electron chi connectivity index (χ1n) is 11.4. The second-order valence-electron chi connectivity index (χ2n) is 7.93. The van der Waals surface area contributed by atoms with Gasteiger partial charge in [0.25, 0.3) is 5.91 Å². The molecule has 0 aromatic heterocycles. The van der Waals surface area contributed by atoms with Gasteiger partial charge in [-0.25, -0.2) is 9.82 Å². The van der Waals surface area contributed by atoms with E-state index >= 15 is 0 Å². The topological polar surface area (TPSA) is 118 Å². The Bertz CT molecular complexity index is 1330. The highest BCUT2D eigenvalue weighted by Crippen LogP contribution is 2.28. The molecule has 0 fully saturated rings. The normalized spacial score (nSPS) is 10.6. The van der Waals surface area contributed by atoms with Gasteiger partial charge in [-0.2, -0.15) is 5.10 Å². The lowest BCUT2D eigenvalue weighted by atomic mass is 10.1. The average molecular weight is 507 g/mol. The van der Waals surface area contributed by atoms with Gasteiger partial charge in [0.15, 0.2) is 18.1 Å². The van der Waals surface area contributed by atoms with Crippen molar-refractivity contribution in [1.29, 1.82) is 0 Å². The summed E-state index contributed by atoms with van der Waals surface area (Å²) in [5.74, 6) is -2.41. The molecule has 192 valence electrons. The van der Waals surface area contributed by atoms with Gasteiger partial charge in [-0.05, 0) is 68.3 Å². The van der Waals surface area contributed by atoms with Gasteiger partial charge in [0.1, 0.15) is 5.82 Å². The largest absolute Gasteiger partial charge is 0.490 e. The van der Waals surface area contributed by atoms with Crippen LogP contribution in [-0.2, 0) is 14.4 Å². The Morgan fingerprint density at radius 2 is 1.68 bits per heavy atom. The quantitative estimate of drug-likeness (QED) is 0.231. The van der Waals surface area contributed by atoms with Crippen molar-refractivity contribution in [1.82, 2.24) is 5.43 Å². The fourth-order valence-corrected chi connectivity index (χ4v) is 3.23. The minimum atomic E-state index is -1.07. The van der Waals surface area contributed by atoms with E-state index < -0.39 is 17.6 Å². The number of nitrogens with one attached hydrogen (secondary N) is 3. The second-order valence-corrected chi connectivity index (χ2v) is 7.93. The lowest BCUT2D eigenvalue weighted by Crippen LogP contribution is -2.32. The SMILES string of the molecule is CCOc1cc(/C=N\NC(=O)C(=O)Nc2ccccc2F)ccc1OCC(=O)Nc1ccc(C)cc1C. The van der Waals surface area contributed by atoms with E-state index in [1.54, 1.807) is 25.1 Å². The van der Waals surface area contributed by atoms with Crippen LogP contribution in [0.1, 0.15) is 23.6 Å². The van der Waals surface area contributed by atoms with Crippen LogP contribution in [0.2, 0.25) is 0 Å². The number of hydrazone groups is 1. The van der Waals surface area contributed by atoms with Crippen molar-refractivity contribution in [2.45, 2.75) is 20.8 Å². The van der Waals surface area contributed by atoms with Crippen molar-refractivity contribution < 1.29 is 28.2 Å². The summed E-state index contributed by atoms with van der Waals surface area (Å²) < 4.78 is 24.9. The standard InChI is InChI=1S/C27H27FN4O5/c1-4-36-24-14-19(15-29-32-27(35)26(34)31-22-8-6-5-7-20(22)28)10-12-23(24)37-16-25(33)30-21-11-9-17(2)13-18(21)3/h5-15H,4,16H2,1-3H3,(H,30,33)(H,31,34)(H,32,35)/b29-15-. The number of hydrogen-bond acceptors (Lipinski definition) is 6. The summed E-state index contributed by atoms with van der Waals surface area (Å²) in [5, 5.41) is 8.74. The van der Waals surface area contributed by atoms with Crippen LogP contribution in [0.3, 0.4) is 0 Å². The summed E-state index contributed by atoms with van der Waals surface area (Å²) in [6.07, 6.45) is 1.30. The van der Waals surface area contributed by atoms with Crippen molar-refractivity contribution in [3.8, 4) is 11.5 Å². The average Bonchev–Trinajstić information content (AvgIpc) is 2.86. The molecule has 9 nitrogen and oxygen atoms in total. The van der Waals surface area contributed by atoms with Crippen molar-refractivity contribution in [2.24, 2.45) is 5.10 Å². The Hall–Kier alpha value is -4.73. The highest BCUT2D eigenvalue weighted by molar-refractivity contribution is 6.39. The van der Waals surface area contributed by atoms with Crippen LogP contribution in [0.15, 0.2) is 65.8 Å². The van der Waals surface area contributed by atoms with E-state index in [4.69, 9.17) is 9.47 Å². The molecule has 0 saturated heterocycles. The molecule has 0 aliphatic carbocycles. The highest BCUT2D eigenvalue weighted by Gasteiger charge is 2.15. The van der Waals surface area contributed by atoms with Crippen LogP contribution < -0.4 is 25.5 Å². The Morgan fingerprint density at radius 3 is 2.41 bits per heavy atom. The maximum Gasteiger partial charge on any atom is 0.329 e. The Kier molecular flexibility index (Phi) is 9.31. The predicted molar refractivity (Wildman–Crippen MR) is 138 cm³/mol. The fraction of sp³-hybridized carbons (Fsp3) is 0.185. The van der Waals surface area contributed by atoms with E-state index in [2.05, 4.69) is 21.2 Å². The number of amides is 3. The number of para-hydroxylation sites is 1. The Balaban J connectivity index is 1.57. The molecule has 0 aliphatic rings. The molecule has 0 aliphatic heterocycles. The molecule has 3 aromatic carbocycles. The van der Waals surface area contributed by atoms with Crippen molar-refractivity contribution in [3.63, 3.8) is 0 Å². The van der Waals surface area contributed by atoms with E-state index in [0.29, 0.717) is 29.4 Å². The summed E-state index contributed by atoms with van der Waals surface area (Å²) in [5.41, 5.74) is 5.25. The molecule has 3 aromatic rings. The molecule has 0 radical (unpaired) electrons. The zero-order valence-corrected chi connectivity index (χ0v) is 20.6. The maximum absolute atomic E-state index is 13.6. The Morgan fingerprint density at radius 1 is 0.892 bits per heavy atom. The first kappa shape index (κ1) is 26.9. The van der Waals surface area contributed by atoms with Gasteiger partial charge in [0, 0.05) is 5.69 Å². The number of carbonyl (C=O) groups is 3. The minimum Gasteiger partial charge on any atom is -0.490 e. The van der Waals surface area contributed by atoms with Crippen LogP contribution in [0.4, 0.5) is 15.8 Å². The molecular formula is C27H27FN4O5. The number of hydrogen-bond donors (Lipinski definition) is 3. The Labute approximate surface area is 213 Å². The molecule has 0 atom stereocenters. The minimum absolute atomic E-state index is 0.119. The molecule has 10 heteroatoms. The van der Waals surface area contributed by atoms with Gasteiger partial charge >= 0.3 is 11.8 Å². The predicted octanol–water partition coefficient (Wildman–Crippen LogP) is 3.95. The number of carbonyl (C=O) groups excluding carboxylic acids is 3. The van der Waals surface area contributed by atoms with Crippen molar-refractivity contribution >= 4 is 35.3 Å². The number of nitrogens with zero attached hydrogens (tertiary/aromatic N) is 1. The third-order valence-corrected chi connectivity index (χ3v) is 4.99. The molecule has 3 rings (SSSR count). The van der Waals surface area contributed by atoms with E-state index in [0.717, 1.165) is 17.2 Å². The van der Waals surface area contributed by atoms with E-state index in [9.17, 15) is 18.8 Å². The smallest absolute Gasteiger partial charge is 0.329 e. The van der Waals surface area contributed by atoms with Gasteiger partial charge in [-0.3, -0.25) is 14.4 Å². The molecule has 0 unspecified atom stereocenters. The lowest BCUT2D eigenvalue weighted by molar-refractivity contribution is -0.136. The summed E-state index contributed by atoms with van der Waals surface area (Å²) >= 11 is 0. The van der Waals surface area contributed by atoms with Crippen molar-refractivity contribution in [2.75, 3.05) is 23.8 Å². The summed E-state index contributed by atoms with van der Waals surface area (Å²) in [7, 11) is 0. The maximum atomic E-state index is 13.6. The summed E-state index contributed by atoms with van der Waals surface area (Å²) in [6, 6.07) is 16.0. The van der Waals surface area contributed by atoms with Crippen LogP contribution in [0.5, 0.6) is 11.5 Å². The molecule has 3 N–H and O–H groups in total. The van der Waals surface area contributed by atoms with E-state index in [1.165, 1.54) is 24.4 Å². The van der Waals surface area contributed by atoms with Crippen LogP contribution in [-0.4, -0.2) is 37.1 Å². The van der Waals surface area contributed by atoms with Crippen LogP contribution in [0.25, 0.3) is 0 Å². The number of ether oxygens (including phenoxy) is 2. The molecule has 0 bridgehead atoms. The van der Waals surface area contributed by atoms with Gasteiger partial charge in [-0.15, -0.1) is 0 Å². The summed E-state index contributed by atoms with van der Waals surface area (Å²) in [4.78, 5) is 36.2. The van der Waals surface area contributed by atoms with Crippen LogP contribution in [0, 0.1) is 19.7 Å². The molecule has 0 heterocycles. The third kappa shape index (κ3) is 7.89. The monoisotopic (exact) mass is 506 g/mol. The van der Waals surface area contributed by atoms with Gasteiger partial charge in [0.05, 0.1) is 18.5 Å². The lowest BCUT2D eigenvalue weighted by Gasteiger charge is -2.13. The highest BCUT2D eigenvalue weighted by atomic mass is 19.1. The number of aryl methyl sites for hydroxylation is 2. The van der Waals surface area contributed by atoms with Gasteiger partial charge in [-0.1, -0.05) is 29.8 Å². The fourth-order valence-electron chi connectivity index (χ4n) is 3.23. The third-order valence-electron chi connectivity index (χ3n) is 4.99.